The monoisotopic (exact) mass is 693 g/mol. The Morgan fingerprint density at radius 3 is 2.65 bits per heavy atom. The predicted molar refractivity (Wildman–Crippen MR) is 175 cm³/mol. The fraction of sp³-hybridized carbons (Fsp3) is 0.448. The molecule has 0 spiro atoms. The number of hydrogen-bond acceptors (Lipinski definition) is 12. The summed E-state index contributed by atoms with van der Waals surface area (Å²) in [5.41, 5.74) is 2.54. The average Bonchev–Trinajstić information content (AvgIpc) is 3.23. The third kappa shape index (κ3) is 5.27. The molecule has 2 aromatic carbocycles. The predicted octanol–water partition coefficient (Wildman–Crippen LogP) is 3.84. The van der Waals surface area contributed by atoms with Gasteiger partial charge < -0.3 is 29.7 Å². The molecule has 6 rings (SSSR count). The second-order valence-electron chi connectivity index (χ2n) is 11.8. The minimum absolute atomic E-state index is 0.0500. The first-order chi connectivity index (χ1) is 21.7. The number of benzene rings is 2. The fourth-order valence-corrected chi connectivity index (χ4v) is 8.89. The number of alkyl halides is 2. The number of rotatable bonds is 11. The zero-order chi connectivity index (χ0) is 33.2. The zero-order valence-corrected chi connectivity index (χ0v) is 28.1. The first kappa shape index (κ1) is 32.8. The van der Waals surface area contributed by atoms with E-state index in [2.05, 4.69) is 20.0 Å². The molecule has 0 radical (unpaired) electrons. The summed E-state index contributed by atoms with van der Waals surface area (Å²) < 4.78 is 42.0. The molecule has 4 aromatic rings. The third-order valence-corrected chi connectivity index (χ3v) is 10.8. The van der Waals surface area contributed by atoms with Crippen molar-refractivity contribution in [3.05, 3.63) is 48.8 Å². The first-order valence-electron chi connectivity index (χ1n) is 14.5. The maximum Gasteiger partial charge on any atom is 0.323 e. The van der Waals surface area contributed by atoms with Crippen molar-refractivity contribution in [1.29, 1.82) is 0 Å². The molecule has 17 heteroatoms. The van der Waals surface area contributed by atoms with E-state index in [-0.39, 0.29) is 23.6 Å². The van der Waals surface area contributed by atoms with E-state index in [0.29, 0.717) is 17.1 Å². The van der Waals surface area contributed by atoms with E-state index >= 15 is 4.39 Å². The average molecular weight is 694 g/mol. The molecule has 1 unspecified atom stereocenters. The molecule has 13 nitrogen and oxygen atoms in total. The van der Waals surface area contributed by atoms with Gasteiger partial charge in [-0.1, -0.05) is 36.4 Å². The molecule has 1 saturated carbocycles. The number of anilines is 2. The summed E-state index contributed by atoms with van der Waals surface area (Å²) in [6.45, 7) is 1.22. The second-order valence-corrected chi connectivity index (χ2v) is 15.1. The summed E-state index contributed by atoms with van der Waals surface area (Å²) in [5.74, 6) is -0.210. The number of nitrogens with zero attached hydrogens (tertiary/aromatic N) is 5. The lowest BCUT2D eigenvalue weighted by atomic mass is 10.1. The molecule has 0 amide bonds. The number of aliphatic hydroxyl groups is 1. The number of carbonyl (C=O) groups excluding carboxylic acids is 1. The number of imidazole rings is 1. The molecule has 2 aromatic heterocycles. The van der Waals surface area contributed by atoms with Crippen LogP contribution in [-0.4, -0.2) is 86.2 Å². The Kier molecular flexibility index (Phi) is 8.41. The van der Waals surface area contributed by atoms with Gasteiger partial charge in [0.15, 0.2) is 35.0 Å². The van der Waals surface area contributed by atoms with Gasteiger partial charge >= 0.3 is 12.6 Å². The normalized spacial score (nSPS) is 27.4. The van der Waals surface area contributed by atoms with Crippen molar-refractivity contribution in [2.24, 2.45) is 0 Å². The van der Waals surface area contributed by atoms with Crippen LogP contribution < -0.4 is 20.2 Å². The lowest BCUT2D eigenvalue weighted by molar-refractivity contribution is -0.149. The van der Waals surface area contributed by atoms with Gasteiger partial charge in [-0.25, -0.2) is 14.5 Å². The lowest BCUT2D eigenvalue weighted by Crippen LogP contribution is -2.38. The van der Waals surface area contributed by atoms with Gasteiger partial charge in [-0.15, -0.1) is 11.6 Å². The zero-order valence-electron chi connectivity index (χ0n) is 25.6. The largest absolute Gasteiger partial charge is 0.462 e. The van der Waals surface area contributed by atoms with Crippen LogP contribution in [0.1, 0.15) is 27.0 Å². The summed E-state index contributed by atoms with van der Waals surface area (Å²) in [6.07, 6.45) is -3.87. The standard InChI is InChI=1S/C29H34ClFN7O6PS/c1-15(2)41-25(39)16(3)36-45(46,43-19-12-8-10-17-9-6-7-11-18(17)19)44-26-28(13-30)29(26,40)21(31)24(42-28)38-14-33-20-22(37(4)5)34-27(32)35-23(20)38/h6-12,14-16,21,24,26,40H,13H2,1-5H3,(H,36,46)(H2,32,34,35)/t16-,21-,24+,26?,28+,29+,45-/m0/s1. The number of nitrogens with one attached hydrogen (secondary N) is 1. The van der Waals surface area contributed by atoms with Crippen molar-refractivity contribution in [2.45, 2.75) is 62.6 Å². The van der Waals surface area contributed by atoms with Gasteiger partial charge in [-0.2, -0.15) is 9.97 Å². The van der Waals surface area contributed by atoms with Crippen molar-refractivity contribution < 1.29 is 32.8 Å². The maximum atomic E-state index is 16.5. The van der Waals surface area contributed by atoms with Crippen LogP contribution >= 0.6 is 18.2 Å². The van der Waals surface area contributed by atoms with Gasteiger partial charge in [0.1, 0.15) is 23.5 Å². The van der Waals surface area contributed by atoms with Crippen LogP contribution in [0.15, 0.2) is 48.8 Å². The molecule has 2 fully saturated rings. The Hall–Kier alpha value is -3.17. The number of nitrogens with two attached hydrogens (primary N) is 1. The highest BCUT2D eigenvalue weighted by atomic mass is 35.5. The highest BCUT2D eigenvalue weighted by molar-refractivity contribution is 8.09. The highest BCUT2D eigenvalue weighted by Crippen LogP contribution is 2.69. The molecule has 46 heavy (non-hydrogen) atoms. The lowest BCUT2D eigenvalue weighted by Gasteiger charge is -2.30. The Morgan fingerprint density at radius 1 is 1.26 bits per heavy atom. The van der Waals surface area contributed by atoms with Crippen molar-refractivity contribution in [3.63, 3.8) is 0 Å². The van der Waals surface area contributed by atoms with E-state index in [1.807, 2.05) is 30.3 Å². The summed E-state index contributed by atoms with van der Waals surface area (Å²) in [6, 6.07) is 11.9. The van der Waals surface area contributed by atoms with Crippen molar-refractivity contribution in [1.82, 2.24) is 24.6 Å². The molecule has 4 N–H and O–H groups in total. The van der Waals surface area contributed by atoms with Gasteiger partial charge in [0.05, 0.1) is 18.3 Å². The van der Waals surface area contributed by atoms with Crippen LogP contribution in [0, 0.1) is 0 Å². The van der Waals surface area contributed by atoms with E-state index < -0.39 is 48.4 Å². The number of carbonyl (C=O) groups is 1. The molecule has 3 heterocycles. The van der Waals surface area contributed by atoms with Crippen LogP contribution in [-0.2, 0) is 30.6 Å². The number of halogens is 2. The molecule has 1 aliphatic carbocycles. The summed E-state index contributed by atoms with van der Waals surface area (Å²) in [4.78, 5) is 27.3. The SMILES string of the molecule is CC(C)OC(=O)[C@H](C)N[P@](=S)(Oc1cccc2ccccc12)OC1[C@@]2(CCl)O[C@@H](n3cnc4c(N(C)C)nc(N)nc43)[C@H](F)[C@@]12O. The smallest absolute Gasteiger partial charge is 0.323 e. The van der Waals surface area contributed by atoms with Crippen LogP contribution in [0.2, 0.25) is 0 Å². The second kappa shape index (κ2) is 11.8. The van der Waals surface area contributed by atoms with Gasteiger partial charge in [0.25, 0.3) is 0 Å². The number of aromatic nitrogens is 4. The number of fused-ring (bicyclic) bond motifs is 3. The molecular formula is C29H34ClFN7O6PS. The van der Waals surface area contributed by atoms with Crippen molar-refractivity contribution in [2.75, 3.05) is 30.6 Å². The molecular weight excluding hydrogens is 660 g/mol. The van der Waals surface area contributed by atoms with Gasteiger partial charge in [-0.3, -0.25) is 13.9 Å². The maximum absolute atomic E-state index is 16.5. The molecule has 7 atom stereocenters. The minimum atomic E-state index is -3.76. The van der Waals surface area contributed by atoms with Gasteiger partial charge in [0, 0.05) is 19.5 Å². The summed E-state index contributed by atoms with van der Waals surface area (Å²) in [7, 11) is 3.52. The number of esters is 1. The molecule has 0 bridgehead atoms. The van der Waals surface area contributed by atoms with Gasteiger partial charge in [0.2, 0.25) is 5.95 Å². The highest BCUT2D eigenvalue weighted by Gasteiger charge is 2.89. The Morgan fingerprint density at radius 2 is 1.98 bits per heavy atom. The molecule has 1 saturated heterocycles. The fourth-order valence-electron chi connectivity index (χ4n) is 5.74. The van der Waals surface area contributed by atoms with Crippen LogP contribution in [0.25, 0.3) is 21.9 Å². The third-order valence-electron chi connectivity index (χ3n) is 8.01. The summed E-state index contributed by atoms with van der Waals surface area (Å²) >= 11 is 12.3. The van der Waals surface area contributed by atoms with Crippen molar-refractivity contribution in [3.8, 4) is 5.75 Å². The molecule has 2 aliphatic rings. The minimum Gasteiger partial charge on any atom is -0.462 e. The number of ether oxygens (including phenoxy) is 2. The van der Waals surface area contributed by atoms with E-state index in [0.717, 1.165) is 10.8 Å². The van der Waals surface area contributed by atoms with Crippen LogP contribution in [0.5, 0.6) is 5.75 Å². The van der Waals surface area contributed by atoms with E-state index in [1.165, 1.54) is 10.9 Å². The van der Waals surface area contributed by atoms with E-state index in [4.69, 9.17) is 47.7 Å². The van der Waals surface area contributed by atoms with E-state index in [1.54, 1.807) is 51.9 Å². The van der Waals surface area contributed by atoms with Gasteiger partial charge in [-0.05, 0) is 44.0 Å². The Labute approximate surface area is 274 Å². The van der Waals surface area contributed by atoms with E-state index in [9.17, 15) is 9.90 Å². The van der Waals surface area contributed by atoms with Crippen LogP contribution in [0.3, 0.4) is 0 Å². The number of nitrogen functional groups attached to an aromatic ring is 1. The Balaban J connectivity index is 1.33. The topological polar surface area (TPSA) is 159 Å². The molecule has 246 valence electrons. The molecule has 1 aliphatic heterocycles. The van der Waals surface area contributed by atoms with Crippen LogP contribution in [0.4, 0.5) is 16.2 Å². The first-order valence-corrected chi connectivity index (χ1v) is 17.6. The van der Waals surface area contributed by atoms with Crippen molar-refractivity contribution >= 4 is 69.7 Å². The Bertz CT molecular complexity index is 1860. The number of hydrogen-bond donors (Lipinski definition) is 3. The summed E-state index contributed by atoms with van der Waals surface area (Å²) in [5, 5.41) is 16.4. The quantitative estimate of drug-likeness (QED) is 0.118.